The molecule has 0 aliphatic rings. The van der Waals surface area contributed by atoms with Gasteiger partial charge in [-0.15, -0.1) is 0 Å². The molecule has 8 heavy (non-hydrogen) atoms. The summed E-state index contributed by atoms with van der Waals surface area (Å²) in [7, 11) is 0. The van der Waals surface area contributed by atoms with Gasteiger partial charge in [0.1, 0.15) is 0 Å². The van der Waals surface area contributed by atoms with E-state index < -0.39 is 0 Å². The van der Waals surface area contributed by atoms with E-state index in [0.29, 0.717) is 0 Å². The highest BCUT2D eigenvalue weighted by atomic mass is 14.2. The number of rotatable bonds is 2. The van der Waals surface area contributed by atoms with Crippen molar-refractivity contribution in [2.75, 3.05) is 0 Å². The van der Waals surface area contributed by atoms with Crippen LogP contribution in [0.15, 0.2) is 5.57 Å². The molecule has 0 rings (SSSR count). The van der Waals surface area contributed by atoms with Crippen LogP contribution < -0.4 is 0 Å². The van der Waals surface area contributed by atoms with Crippen LogP contribution in [0.2, 0.25) is 0 Å². The predicted molar refractivity (Wildman–Crippen MR) is 37.6 cm³/mol. The molecule has 0 saturated heterocycles. The van der Waals surface area contributed by atoms with E-state index in [9.17, 15) is 0 Å². The summed E-state index contributed by atoms with van der Waals surface area (Å²) in [5.74, 6) is 0. The zero-order chi connectivity index (χ0) is 6.78. The maximum atomic E-state index is 5.60. The van der Waals surface area contributed by atoms with Crippen LogP contribution >= 0.6 is 0 Å². The average molecular weight is 111 g/mol. The second-order valence-corrected chi connectivity index (χ2v) is 2.92. The zero-order valence-corrected chi connectivity index (χ0v) is 6.28. The Bertz CT molecular complexity index is 88.2. The van der Waals surface area contributed by atoms with Crippen molar-refractivity contribution in [2.45, 2.75) is 34.1 Å². The van der Waals surface area contributed by atoms with Crippen LogP contribution in [0, 0.1) is 12.0 Å². The Kier molecular flexibility index (Phi) is 2.26. The molecule has 0 fully saturated rings. The van der Waals surface area contributed by atoms with Crippen LogP contribution in [0.4, 0.5) is 0 Å². The molecular weight excluding hydrogens is 96.1 g/mol. The van der Waals surface area contributed by atoms with E-state index in [4.69, 9.17) is 6.58 Å². The second kappa shape index (κ2) is 2.34. The van der Waals surface area contributed by atoms with Gasteiger partial charge in [0, 0.05) is 0 Å². The highest BCUT2D eigenvalue weighted by molar-refractivity contribution is 4.99. The molecule has 0 nitrogen and oxygen atoms in total. The first kappa shape index (κ1) is 7.74. The second-order valence-electron chi connectivity index (χ2n) is 2.92. The molecule has 1 radical (unpaired) electrons. The van der Waals surface area contributed by atoms with Gasteiger partial charge in [0.15, 0.2) is 0 Å². The number of hydrogen-bond acceptors (Lipinski definition) is 0. The summed E-state index contributed by atoms with van der Waals surface area (Å²) in [5, 5.41) is 0. The first-order chi connectivity index (χ1) is 3.50. The maximum absolute atomic E-state index is 5.60. The fourth-order valence-electron chi connectivity index (χ4n) is 0.279. The van der Waals surface area contributed by atoms with Gasteiger partial charge in [-0.3, -0.25) is 0 Å². The monoisotopic (exact) mass is 111 g/mol. The summed E-state index contributed by atoms with van der Waals surface area (Å²) < 4.78 is 0. The van der Waals surface area contributed by atoms with E-state index in [1.165, 1.54) is 0 Å². The van der Waals surface area contributed by atoms with E-state index in [-0.39, 0.29) is 5.41 Å². The van der Waals surface area contributed by atoms with Gasteiger partial charge >= 0.3 is 0 Å². The fraction of sp³-hybridized carbons (Fsp3) is 0.750. The van der Waals surface area contributed by atoms with E-state index >= 15 is 0 Å². The van der Waals surface area contributed by atoms with Crippen LogP contribution in [0.25, 0.3) is 0 Å². The molecule has 0 aromatic rings. The third kappa shape index (κ3) is 1.69. The lowest BCUT2D eigenvalue weighted by Crippen LogP contribution is -2.09. The standard InChI is InChI=1S/C8H15/c1-6-8(4,5)7(2)3/h2H,6H2,1,3-5H3. The predicted octanol–water partition coefficient (Wildman–Crippen LogP) is 2.80. The summed E-state index contributed by atoms with van der Waals surface area (Å²) in [6.45, 7) is 14.0. The first-order valence-corrected chi connectivity index (χ1v) is 3.10. The third-order valence-corrected chi connectivity index (χ3v) is 1.95. The van der Waals surface area contributed by atoms with Gasteiger partial charge in [0.25, 0.3) is 0 Å². The molecule has 47 valence electrons. The van der Waals surface area contributed by atoms with Crippen molar-refractivity contribution in [3.05, 3.63) is 12.2 Å². The molecule has 0 aromatic carbocycles. The zero-order valence-electron chi connectivity index (χ0n) is 6.28. The molecule has 0 spiro atoms. The Morgan fingerprint density at radius 1 is 1.50 bits per heavy atom. The van der Waals surface area contributed by atoms with Crippen molar-refractivity contribution in [3.63, 3.8) is 0 Å². The molecule has 0 heteroatoms. The van der Waals surface area contributed by atoms with Gasteiger partial charge in [0.05, 0.1) is 0 Å². The molecule has 0 N–H and O–H groups in total. The molecule has 0 atom stereocenters. The molecule has 0 amide bonds. The third-order valence-electron chi connectivity index (χ3n) is 1.95. The van der Waals surface area contributed by atoms with Gasteiger partial charge in [-0.25, -0.2) is 0 Å². The fourth-order valence-corrected chi connectivity index (χ4v) is 0.279. The molecule has 0 bridgehead atoms. The van der Waals surface area contributed by atoms with Gasteiger partial charge in [0.2, 0.25) is 0 Å². The van der Waals surface area contributed by atoms with Gasteiger partial charge in [-0.05, 0) is 18.8 Å². The smallest absolute Gasteiger partial charge is 0.0147 e. The highest BCUT2D eigenvalue weighted by Gasteiger charge is 2.14. The first-order valence-electron chi connectivity index (χ1n) is 3.10. The molecule has 0 aliphatic heterocycles. The Morgan fingerprint density at radius 3 is 1.88 bits per heavy atom. The van der Waals surface area contributed by atoms with Crippen LogP contribution in [-0.2, 0) is 0 Å². The lowest BCUT2D eigenvalue weighted by Gasteiger charge is -2.21. The molecule has 0 aliphatic carbocycles. The average Bonchev–Trinajstić information content (AvgIpc) is 1.67. The highest BCUT2D eigenvalue weighted by Crippen LogP contribution is 2.27. The van der Waals surface area contributed by atoms with Crippen LogP contribution in [0.1, 0.15) is 34.1 Å². The van der Waals surface area contributed by atoms with Crippen molar-refractivity contribution in [1.29, 1.82) is 0 Å². The number of allylic oxidation sites excluding steroid dienone is 1. The normalized spacial score (nSPS) is 11.5. The summed E-state index contributed by atoms with van der Waals surface area (Å²) in [4.78, 5) is 0. The summed E-state index contributed by atoms with van der Waals surface area (Å²) in [6.07, 6.45) is 1.12. The van der Waals surface area contributed by atoms with Crippen LogP contribution in [-0.4, -0.2) is 0 Å². The van der Waals surface area contributed by atoms with Crippen molar-refractivity contribution in [1.82, 2.24) is 0 Å². The summed E-state index contributed by atoms with van der Waals surface area (Å²) in [5.41, 5.74) is 1.26. The van der Waals surface area contributed by atoms with E-state index in [1.54, 1.807) is 0 Å². The lowest BCUT2D eigenvalue weighted by atomic mass is 9.84. The molecule has 0 aromatic heterocycles. The molecular formula is C8H15. The minimum atomic E-state index is 0.236. The van der Waals surface area contributed by atoms with E-state index in [2.05, 4.69) is 20.8 Å². The Balaban J connectivity index is 3.91. The molecule has 0 unspecified atom stereocenters. The van der Waals surface area contributed by atoms with Gasteiger partial charge < -0.3 is 0 Å². The van der Waals surface area contributed by atoms with E-state index in [1.807, 2.05) is 6.92 Å². The van der Waals surface area contributed by atoms with Crippen molar-refractivity contribution >= 4 is 0 Å². The Labute approximate surface area is 52.6 Å². The summed E-state index contributed by atoms with van der Waals surface area (Å²) >= 11 is 0. The van der Waals surface area contributed by atoms with Crippen molar-refractivity contribution in [2.24, 2.45) is 5.41 Å². The SMILES string of the molecule is [CH]=C(C)C(C)(C)CC. The largest absolute Gasteiger partial charge is 0.0677 e. The van der Waals surface area contributed by atoms with Gasteiger partial charge in [-0.2, -0.15) is 0 Å². The minimum Gasteiger partial charge on any atom is -0.0677 e. The van der Waals surface area contributed by atoms with Crippen LogP contribution in [0.5, 0.6) is 0 Å². The molecule has 0 heterocycles. The van der Waals surface area contributed by atoms with Crippen LogP contribution in [0.3, 0.4) is 0 Å². The summed E-state index contributed by atoms with van der Waals surface area (Å²) in [6, 6.07) is 0. The maximum Gasteiger partial charge on any atom is -0.0147 e. The van der Waals surface area contributed by atoms with Crippen molar-refractivity contribution < 1.29 is 0 Å². The molecule has 0 saturated carbocycles. The van der Waals surface area contributed by atoms with Crippen molar-refractivity contribution in [3.8, 4) is 0 Å². The minimum absolute atomic E-state index is 0.236. The lowest BCUT2D eigenvalue weighted by molar-refractivity contribution is 0.430. The number of hydrogen-bond donors (Lipinski definition) is 0. The Morgan fingerprint density at radius 2 is 1.88 bits per heavy atom. The van der Waals surface area contributed by atoms with E-state index in [0.717, 1.165) is 12.0 Å². The quantitative estimate of drug-likeness (QED) is 0.514. The topological polar surface area (TPSA) is 0 Å². The van der Waals surface area contributed by atoms with Gasteiger partial charge in [-0.1, -0.05) is 32.9 Å². The Hall–Kier alpha value is -0.260.